The fourth-order valence-electron chi connectivity index (χ4n) is 0.823. The molecule has 0 fully saturated rings. The van der Waals surface area contributed by atoms with Crippen molar-refractivity contribution in [2.75, 3.05) is 0 Å². The Morgan fingerprint density at radius 3 is 3.50 bits per heavy atom. The molecule has 0 bridgehead atoms. The van der Waals surface area contributed by atoms with Gasteiger partial charge in [-0.05, 0) is 6.08 Å². The smallest absolute Gasteiger partial charge is 0.250 e. The molecule has 4 nitrogen and oxygen atoms in total. The number of rotatable bonds is 0. The summed E-state index contributed by atoms with van der Waals surface area (Å²) in [5.74, 6) is 0.671. The van der Waals surface area contributed by atoms with Gasteiger partial charge in [0.15, 0.2) is 0 Å². The summed E-state index contributed by atoms with van der Waals surface area (Å²) in [5.41, 5.74) is 0. The molecule has 0 aromatic carbocycles. The third-order valence-electron chi connectivity index (χ3n) is 1.31. The third kappa shape index (κ3) is 0.737. The van der Waals surface area contributed by atoms with Crippen molar-refractivity contribution >= 4 is 12.2 Å². The second kappa shape index (κ2) is 2.06. The van der Waals surface area contributed by atoms with E-state index in [4.69, 9.17) is 0 Å². The maximum absolute atomic E-state index is 4.02. The van der Waals surface area contributed by atoms with Gasteiger partial charge in [0, 0.05) is 12.8 Å². The van der Waals surface area contributed by atoms with Crippen LogP contribution in [-0.4, -0.2) is 21.0 Å². The molecular weight excluding hydrogens is 128 g/mol. The van der Waals surface area contributed by atoms with E-state index in [1.165, 1.54) is 0 Å². The van der Waals surface area contributed by atoms with Crippen molar-refractivity contribution in [3.63, 3.8) is 0 Å². The largest absolute Gasteiger partial charge is 0.294 e. The van der Waals surface area contributed by atoms with Gasteiger partial charge in [-0.2, -0.15) is 0 Å². The number of hydrogen-bond donors (Lipinski definition) is 0. The highest BCUT2D eigenvalue weighted by molar-refractivity contribution is 5.73. The lowest BCUT2D eigenvalue weighted by Gasteiger charge is -1.92. The van der Waals surface area contributed by atoms with Crippen LogP contribution in [0, 0.1) is 0 Å². The highest BCUT2D eigenvalue weighted by atomic mass is 15.3. The summed E-state index contributed by atoms with van der Waals surface area (Å²) in [7, 11) is 0. The standard InChI is InChI=1S/C6H6N4/c1-2-4-10-5-8-9-6(10)7-3-1/h1-3,5H,4H2. The van der Waals surface area contributed by atoms with Gasteiger partial charge in [-0.25, -0.2) is 4.99 Å². The Morgan fingerprint density at radius 2 is 2.50 bits per heavy atom. The Kier molecular flexibility index (Phi) is 1.10. The van der Waals surface area contributed by atoms with Crippen LogP contribution in [-0.2, 0) is 6.54 Å². The lowest BCUT2D eigenvalue weighted by atomic mass is 10.5. The molecule has 1 aromatic rings. The molecule has 1 aliphatic heterocycles. The van der Waals surface area contributed by atoms with Crippen molar-refractivity contribution in [3.05, 3.63) is 18.5 Å². The van der Waals surface area contributed by atoms with Gasteiger partial charge in [0.1, 0.15) is 6.33 Å². The first kappa shape index (κ1) is 5.34. The van der Waals surface area contributed by atoms with E-state index in [1.54, 1.807) is 12.5 Å². The highest BCUT2D eigenvalue weighted by Gasteiger charge is 1.99. The summed E-state index contributed by atoms with van der Waals surface area (Å²) in [4.78, 5) is 4.02. The zero-order valence-electron chi connectivity index (χ0n) is 5.31. The molecule has 0 saturated carbocycles. The second-order valence-corrected chi connectivity index (χ2v) is 1.99. The minimum atomic E-state index is 0.671. The Hall–Kier alpha value is -1.45. The zero-order chi connectivity index (χ0) is 6.81. The molecule has 50 valence electrons. The second-order valence-electron chi connectivity index (χ2n) is 1.99. The van der Waals surface area contributed by atoms with E-state index in [0.717, 1.165) is 6.54 Å². The van der Waals surface area contributed by atoms with E-state index in [9.17, 15) is 0 Å². The number of fused-ring (bicyclic) bond motifs is 1. The van der Waals surface area contributed by atoms with Gasteiger partial charge < -0.3 is 0 Å². The van der Waals surface area contributed by atoms with Crippen molar-refractivity contribution in [1.82, 2.24) is 14.8 Å². The molecule has 4 heteroatoms. The first-order valence-corrected chi connectivity index (χ1v) is 3.04. The fourth-order valence-corrected chi connectivity index (χ4v) is 0.823. The van der Waals surface area contributed by atoms with Gasteiger partial charge in [-0.15, -0.1) is 10.2 Å². The van der Waals surface area contributed by atoms with Gasteiger partial charge in [0.25, 0.3) is 5.95 Å². The molecule has 2 rings (SSSR count). The number of aromatic nitrogens is 3. The third-order valence-corrected chi connectivity index (χ3v) is 1.31. The quantitative estimate of drug-likeness (QED) is 0.520. The molecule has 1 aromatic heterocycles. The van der Waals surface area contributed by atoms with Crippen LogP contribution in [0.4, 0.5) is 5.95 Å². The molecule has 0 radical (unpaired) electrons. The molecule has 0 saturated heterocycles. The molecule has 0 N–H and O–H groups in total. The minimum Gasteiger partial charge on any atom is -0.294 e. The molecule has 0 atom stereocenters. The predicted molar refractivity (Wildman–Crippen MR) is 37.3 cm³/mol. The van der Waals surface area contributed by atoms with Crippen molar-refractivity contribution in [1.29, 1.82) is 0 Å². The molecular formula is C6H6N4. The van der Waals surface area contributed by atoms with Crippen LogP contribution < -0.4 is 0 Å². The summed E-state index contributed by atoms with van der Waals surface area (Å²) in [6, 6.07) is 0. The maximum Gasteiger partial charge on any atom is 0.250 e. The van der Waals surface area contributed by atoms with E-state index in [2.05, 4.69) is 15.2 Å². The van der Waals surface area contributed by atoms with E-state index >= 15 is 0 Å². The number of nitrogens with zero attached hydrogens (tertiary/aromatic N) is 4. The number of aliphatic imine (C=N–C) groups is 1. The summed E-state index contributed by atoms with van der Waals surface area (Å²) in [5, 5.41) is 7.50. The lowest BCUT2D eigenvalue weighted by molar-refractivity contribution is 0.824. The summed E-state index contributed by atoms with van der Waals surface area (Å²) in [6.07, 6.45) is 7.29. The van der Waals surface area contributed by atoms with Crippen LogP contribution in [0.15, 0.2) is 23.5 Å². The molecule has 2 heterocycles. The van der Waals surface area contributed by atoms with Crippen LogP contribution in [0.5, 0.6) is 0 Å². The summed E-state index contributed by atoms with van der Waals surface area (Å²) >= 11 is 0. The van der Waals surface area contributed by atoms with Crippen molar-refractivity contribution in [2.45, 2.75) is 6.54 Å². The van der Waals surface area contributed by atoms with Gasteiger partial charge >= 0.3 is 0 Å². The molecule has 1 aliphatic rings. The van der Waals surface area contributed by atoms with Gasteiger partial charge in [-0.3, -0.25) is 4.57 Å². The van der Waals surface area contributed by atoms with E-state index in [-0.39, 0.29) is 0 Å². The normalized spacial score (nSPS) is 14.8. The average molecular weight is 134 g/mol. The van der Waals surface area contributed by atoms with Crippen LogP contribution >= 0.6 is 0 Å². The van der Waals surface area contributed by atoms with Gasteiger partial charge in [-0.1, -0.05) is 6.08 Å². The Balaban J connectivity index is 2.50. The zero-order valence-corrected chi connectivity index (χ0v) is 5.31. The van der Waals surface area contributed by atoms with E-state index in [0.29, 0.717) is 5.95 Å². The van der Waals surface area contributed by atoms with Gasteiger partial charge in [0.05, 0.1) is 0 Å². The van der Waals surface area contributed by atoms with Crippen LogP contribution in [0.2, 0.25) is 0 Å². The maximum atomic E-state index is 4.02. The Labute approximate surface area is 57.9 Å². The summed E-state index contributed by atoms with van der Waals surface area (Å²) in [6.45, 7) is 0.808. The van der Waals surface area contributed by atoms with Crippen molar-refractivity contribution in [2.24, 2.45) is 4.99 Å². The summed E-state index contributed by atoms with van der Waals surface area (Å²) < 4.78 is 1.88. The Morgan fingerprint density at radius 1 is 1.50 bits per heavy atom. The first-order chi connectivity index (χ1) is 4.97. The van der Waals surface area contributed by atoms with Crippen LogP contribution in [0.1, 0.15) is 0 Å². The van der Waals surface area contributed by atoms with Crippen molar-refractivity contribution < 1.29 is 0 Å². The van der Waals surface area contributed by atoms with E-state index in [1.807, 2.05) is 16.7 Å². The topological polar surface area (TPSA) is 43.1 Å². The van der Waals surface area contributed by atoms with Crippen LogP contribution in [0.25, 0.3) is 0 Å². The fraction of sp³-hybridized carbons (Fsp3) is 0.167. The van der Waals surface area contributed by atoms with Crippen LogP contribution in [0.3, 0.4) is 0 Å². The number of hydrogen-bond acceptors (Lipinski definition) is 3. The monoisotopic (exact) mass is 134 g/mol. The molecule has 10 heavy (non-hydrogen) atoms. The predicted octanol–water partition coefficient (Wildman–Crippen LogP) is 0.550. The van der Waals surface area contributed by atoms with Gasteiger partial charge in [0.2, 0.25) is 0 Å². The molecule has 0 amide bonds. The van der Waals surface area contributed by atoms with Crippen molar-refractivity contribution in [3.8, 4) is 0 Å². The molecule has 0 aliphatic carbocycles. The average Bonchev–Trinajstić information content (AvgIpc) is 2.28. The SMILES string of the molecule is C1=CCn2cnnc2N=C1. The lowest BCUT2D eigenvalue weighted by Crippen LogP contribution is -1.89. The first-order valence-electron chi connectivity index (χ1n) is 3.04. The Bertz CT molecular complexity index is 284. The number of allylic oxidation sites excluding steroid dienone is 2. The van der Waals surface area contributed by atoms with E-state index < -0.39 is 0 Å². The highest BCUT2D eigenvalue weighted by Crippen LogP contribution is 2.07. The molecule has 0 spiro atoms. The minimum absolute atomic E-state index is 0.671. The molecule has 0 unspecified atom stereocenters.